The second-order valence-electron chi connectivity index (χ2n) is 6.55. The van der Waals surface area contributed by atoms with Gasteiger partial charge in [0.1, 0.15) is 0 Å². The fourth-order valence-electron chi connectivity index (χ4n) is 2.84. The summed E-state index contributed by atoms with van der Waals surface area (Å²) in [6.45, 7) is 6.21. The molecule has 0 radical (unpaired) electrons. The van der Waals surface area contributed by atoms with Gasteiger partial charge >= 0.3 is 0 Å². The van der Waals surface area contributed by atoms with E-state index in [2.05, 4.69) is 10.6 Å². The number of carbonyl (C=O) groups is 2. The molecule has 0 fully saturated rings. The van der Waals surface area contributed by atoms with Crippen LogP contribution in [0.5, 0.6) is 0 Å². The van der Waals surface area contributed by atoms with E-state index in [1.807, 2.05) is 32.9 Å². The van der Waals surface area contributed by atoms with Crippen molar-refractivity contribution < 1.29 is 9.59 Å². The maximum atomic E-state index is 12.3. The van der Waals surface area contributed by atoms with Crippen LogP contribution in [0.4, 0.5) is 11.4 Å². The van der Waals surface area contributed by atoms with Gasteiger partial charge in [-0.1, -0.05) is 29.3 Å². The summed E-state index contributed by atoms with van der Waals surface area (Å²) < 4.78 is 0. The summed E-state index contributed by atoms with van der Waals surface area (Å²) in [4.78, 5) is 26.0. The first kappa shape index (κ1) is 19.9. The van der Waals surface area contributed by atoms with E-state index in [0.29, 0.717) is 10.7 Å². The van der Waals surface area contributed by atoms with E-state index in [0.717, 1.165) is 22.4 Å². The molecule has 26 heavy (non-hydrogen) atoms. The molecule has 2 aromatic rings. The van der Waals surface area contributed by atoms with Gasteiger partial charge in [0.25, 0.3) is 0 Å². The minimum atomic E-state index is -0.190. The van der Waals surface area contributed by atoms with Crippen LogP contribution in [0.2, 0.25) is 5.02 Å². The summed E-state index contributed by atoms with van der Waals surface area (Å²) in [5, 5.41) is 6.33. The van der Waals surface area contributed by atoms with Crippen LogP contribution in [0.3, 0.4) is 0 Å². The third-order valence-electron chi connectivity index (χ3n) is 3.90. The first-order valence-electron chi connectivity index (χ1n) is 8.36. The molecule has 2 aromatic carbocycles. The second-order valence-corrected chi connectivity index (χ2v) is 6.99. The van der Waals surface area contributed by atoms with Gasteiger partial charge in [0, 0.05) is 16.4 Å². The predicted octanol–water partition coefficient (Wildman–Crippen LogP) is 3.77. The average Bonchev–Trinajstić information content (AvgIpc) is 2.52. The number of halogens is 1. The van der Waals surface area contributed by atoms with Crippen molar-refractivity contribution in [3.05, 3.63) is 58.1 Å². The van der Waals surface area contributed by atoms with E-state index < -0.39 is 0 Å². The summed E-state index contributed by atoms with van der Waals surface area (Å²) >= 11 is 5.82. The fraction of sp³-hybridized carbons (Fsp3) is 0.300. The Morgan fingerprint density at radius 2 is 1.42 bits per heavy atom. The van der Waals surface area contributed by atoms with Crippen LogP contribution in [0.1, 0.15) is 16.7 Å². The maximum Gasteiger partial charge on any atom is 0.238 e. The standard InChI is InChI=1S/C20H24ClN3O2/c1-13-9-14(2)20(15(3)10-13)23-19(26)12-24(4)11-18(25)22-17-7-5-16(21)6-8-17/h5-10H,11-12H2,1-4H3,(H,22,25)(H,23,26). The number of anilines is 2. The van der Waals surface area contributed by atoms with Crippen molar-refractivity contribution in [2.75, 3.05) is 30.8 Å². The van der Waals surface area contributed by atoms with Gasteiger partial charge in [-0.15, -0.1) is 0 Å². The van der Waals surface area contributed by atoms with E-state index in [9.17, 15) is 9.59 Å². The first-order chi connectivity index (χ1) is 12.2. The van der Waals surface area contributed by atoms with E-state index in [1.165, 1.54) is 0 Å². The monoisotopic (exact) mass is 373 g/mol. The number of nitrogens with one attached hydrogen (secondary N) is 2. The van der Waals surface area contributed by atoms with Crippen LogP contribution in [0.15, 0.2) is 36.4 Å². The van der Waals surface area contributed by atoms with Gasteiger partial charge in [0.15, 0.2) is 0 Å². The van der Waals surface area contributed by atoms with Crippen molar-refractivity contribution in [3.63, 3.8) is 0 Å². The Morgan fingerprint density at radius 3 is 1.96 bits per heavy atom. The highest BCUT2D eigenvalue weighted by atomic mass is 35.5. The van der Waals surface area contributed by atoms with Crippen LogP contribution in [0, 0.1) is 20.8 Å². The minimum Gasteiger partial charge on any atom is -0.325 e. The molecule has 5 nitrogen and oxygen atoms in total. The molecular formula is C20H24ClN3O2. The van der Waals surface area contributed by atoms with Crippen LogP contribution in [0.25, 0.3) is 0 Å². The molecule has 0 aromatic heterocycles. The van der Waals surface area contributed by atoms with Crippen molar-refractivity contribution >= 4 is 34.8 Å². The Bertz CT molecular complexity index is 780. The molecular weight excluding hydrogens is 350 g/mol. The summed E-state index contributed by atoms with van der Waals surface area (Å²) in [5.41, 5.74) is 4.72. The molecule has 2 N–H and O–H groups in total. The number of hydrogen-bond donors (Lipinski definition) is 2. The number of hydrogen-bond acceptors (Lipinski definition) is 3. The number of amides is 2. The molecule has 0 atom stereocenters. The summed E-state index contributed by atoms with van der Waals surface area (Å²) in [6, 6.07) is 10.9. The van der Waals surface area contributed by atoms with E-state index in [-0.39, 0.29) is 24.9 Å². The number of carbonyl (C=O) groups excluding carboxylic acids is 2. The van der Waals surface area contributed by atoms with Crippen molar-refractivity contribution in [1.29, 1.82) is 0 Å². The molecule has 0 aliphatic heterocycles. The number of nitrogens with zero attached hydrogens (tertiary/aromatic N) is 1. The normalized spacial score (nSPS) is 10.7. The molecule has 6 heteroatoms. The lowest BCUT2D eigenvalue weighted by atomic mass is 10.1. The Kier molecular flexibility index (Phi) is 6.77. The molecule has 0 aliphatic rings. The summed E-state index contributed by atoms with van der Waals surface area (Å²) in [5.74, 6) is -0.341. The molecule has 0 heterocycles. The molecule has 0 saturated carbocycles. The zero-order chi connectivity index (χ0) is 19.3. The Labute approximate surface area is 159 Å². The van der Waals surface area contributed by atoms with Crippen molar-refractivity contribution in [1.82, 2.24) is 4.90 Å². The summed E-state index contributed by atoms with van der Waals surface area (Å²) in [7, 11) is 1.73. The Hall–Kier alpha value is -2.37. The highest BCUT2D eigenvalue weighted by molar-refractivity contribution is 6.30. The van der Waals surface area contributed by atoms with Gasteiger partial charge in [-0.05, 0) is 63.2 Å². The molecule has 0 aliphatic carbocycles. The Balaban J connectivity index is 1.87. The van der Waals surface area contributed by atoms with Crippen molar-refractivity contribution in [2.45, 2.75) is 20.8 Å². The highest BCUT2D eigenvalue weighted by Gasteiger charge is 2.13. The van der Waals surface area contributed by atoms with Gasteiger partial charge in [-0.25, -0.2) is 0 Å². The van der Waals surface area contributed by atoms with Gasteiger partial charge in [0.05, 0.1) is 13.1 Å². The fourth-order valence-corrected chi connectivity index (χ4v) is 2.96. The van der Waals surface area contributed by atoms with Crippen LogP contribution >= 0.6 is 11.6 Å². The van der Waals surface area contributed by atoms with Crippen molar-refractivity contribution in [3.8, 4) is 0 Å². The zero-order valence-corrected chi connectivity index (χ0v) is 16.3. The third-order valence-corrected chi connectivity index (χ3v) is 4.15. The lowest BCUT2D eigenvalue weighted by Crippen LogP contribution is -2.36. The molecule has 0 bridgehead atoms. The second kappa shape index (κ2) is 8.83. The number of aryl methyl sites for hydroxylation is 3. The van der Waals surface area contributed by atoms with Gasteiger partial charge in [0.2, 0.25) is 11.8 Å². The van der Waals surface area contributed by atoms with E-state index >= 15 is 0 Å². The van der Waals surface area contributed by atoms with Crippen molar-refractivity contribution in [2.24, 2.45) is 0 Å². The first-order valence-corrected chi connectivity index (χ1v) is 8.74. The molecule has 2 rings (SSSR count). The SMILES string of the molecule is Cc1cc(C)c(NC(=O)CN(C)CC(=O)Nc2ccc(Cl)cc2)c(C)c1. The minimum absolute atomic E-state index is 0.113. The van der Waals surface area contributed by atoms with Crippen LogP contribution < -0.4 is 10.6 Å². The lowest BCUT2D eigenvalue weighted by Gasteiger charge is -2.18. The largest absolute Gasteiger partial charge is 0.325 e. The van der Waals surface area contributed by atoms with E-state index in [1.54, 1.807) is 36.2 Å². The highest BCUT2D eigenvalue weighted by Crippen LogP contribution is 2.21. The smallest absolute Gasteiger partial charge is 0.238 e. The number of rotatable bonds is 6. The molecule has 138 valence electrons. The molecule has 2 amide bonds. The van der Waals surface area contributed by atoms with Crippen LogP contribution in [-0.2, 0) is 9.59 Å². The topological polar surface area (TPSA) is 61.4 Å². The van der Waals surface area contributed by atoms with Gasteiger partial charge in [-0.3, -0.25) is 14.5 Å². The summed E-state index contributed by atoms with van der Waals surface area (Å²) in [6.07, 6.45) is 0. The lowest BCUT2D eigenvalue weighted by molar-refractivity contribution is -0.119. The van der Waals surface area contributed by atoms with Crippen LogP contribution in [-0.4, -0.2) is 36.9 Å². The average molecular weight is 374 g/mol. The van der Waals surface area contributed by atoms with Gasteiger partial charge < -0.3 is 10.6 Å². The molecule has 0 saturated heterocycles. The van der Waals surface area contributed by atoms with E-state index in [4.69, 9.17) is 11.6 Å². The Morgan fingerprint density at radius 1 is 0.923 bits per heavy atom. The number of likely N-dealkylation sites (N-methyl/N-ethyl adjacent to an activating group) is 1. The number of benzene rings is 2. The maximum absolute atomic E-state index is 12.3. The zero-order valence-electron chi connectivity index (χ0n) is 15.5. The van der Waals surface area contributed by atoms with Gasteiger partial charge in [-0.2, -0.15) is 0 Å². The molecule has 0 spiro atoms. The quantitative estimate of drug-likeness (QED) is 0.810. The predicted molar refractivity (Wildman–Crippen MR) is 107 cm³/mol. The third kappa shape index (κ3) is 5.86. The molecule has 0 unspecified atom stereocenters.